The molecule has 3 N–H and O–H groups in total. The average Bonchev–Trinajstić information content (AvgIpc) is 3.06. The number of nitrogens with two attached hydrogens (primary N) is 1. The van der Waals surface area contributed by atoms with Gasteiger partial charge in [-0.2, -0.15) is 5.10 Å². The molecule has 24 heavy (non-hydrogen) atoms. The van der Waals surface area contributed by atoms with Crippen molar-refractivity contribution in [2.75, 3.05) is 13.7 Å². The highest BCUT2D eigenvalue weighted by Gasteiger charge is 2.07. The first-order valence-electron chi connectivity index (χ1n) is 7.02. The Balaban J connectivity index is 1.93. The molecule has 0 radical (unpaired) electrons. The summed E-state index contributed by atoms with van der Waals surface area (Å²) in [7, 11) is 1.48. The van der Waals surface area contributed by atoms with Gasteiger partial charge in [0.25, 0.3) is 5.91 Å². The molecule has 1 heterocycles. The van der Waals surface area contributed by atoms with Crippen LogP contribution in [0, 0.1) is 0 Å². The molecule has 8 heteroatoms. The molecule has 0 saturated heterocycles. The van der Waals surface area contributed by atoms with Crippen LogP contribution >= 0.6 is 11.3 Å². The highest BCUT2D eigenvalue weighted by atomic mass is 32.1. The molecule has 0 aliphatic carbocycles. The quantitative estimate of drug-likeness (QED) is 0.555. The topological polar surface area (TPSA) is 103 Å². The van der Waals surface area contributed by atoms with E-state index in [0.717, 1.165) is 4.88 Å². The van der Waals surface area contributed by atoms with Crippen molar-refractivity contribution < 1.29 is 19.1 Å². The summed E-state index contributed by atoms with van der Waals surface area (Å²) in [5.41, 5.74) is 8.21. The Hall–Kier alpha value is -2.87. The lowest BCUT2D eigenvalue weighted by Gasteiger charge is -2.09. The van der Waals surface area contributed by atoms with Crippen LogP contribution in [0.1, 0.15) is 10.4 Å². The van der Waals surface area contributed by atoms with E-state index in [-0.39, 0.29) is 18.9 Å². The molecule has 126 valence electrons. The molecule has 7 nitrogen and oxygen atoms in total. The number of benzene rings is 1. The summed E-state index contributed by atoms with van der Waals surface area (Å²) in [6, 6.07) is 8.81. The SMILES string of the molecule is COc1cc(/C=N\NC(=O)Cc2cccs2)ccc1OCC(N)=O. The van der Waals surface area contributed by atoms with Crippen LogP contribution < -0.4 is 20.6 Å². The largest absolute Gasteiger partial charge is 0.493 e. The van der Waals surface area contributed by atoms with Gasteiger partial charge in [0.1, 0.15) is 0 Å². The van der Waals surface area contributed by atoms with E-state index < -0.39 is 5.91 Å². The van der Waals surface area contributed by atoms with Gasteiger partial charge in [-0.05, 0) is 35.2 Å². The second-order valence-electron chi connectivity index (χ2n) is 4.71. The number of rotatable bonds is 8. The van der Waals surface area contributed by atoms with Crippen LogP contribution in [0.3, 0.4) is 0 Å². The minimum Gasteiger partial charge on any atom is -0.493 e. The van der Waals surface area contributed by atoms with E-state index in [1.165, 1.54) is 24.7 Å². The van der Waals surface area contributed by atoms with Gasteiger partial charge in [0.15, 0.2) is 18.1 Å². The summed E-state index contributed by atoms with van der Waals surface area (Å²) in [6.45, 7) is -0.234. The summed E-state index contributed by atoms with van der Waals surface area (Å²) < 4.78 is 10.4. The van der Waals surface area contributed by atoms with Gasteiger partial charge in [0.05, 0.1) is 19.7 Å². The molecule has 0 aliphatic heterocycles. The van der Waals surface area contributed by atoms with Gasteiger partial charge in [-0.25, -0.2) is 5.43 Å². The first kappa shape index (κ1) is 17.5. The highest BCUT2D eigenvalue weighted by Crippen LogP contribution is 2.27. The molecule has 0 aliphatic rings. The van der Waals surface area contributed by atoms with Crippen LogP contribution in [-0.2, 0) is 16.0 Å². The Bertz CT molecular complexity index is 729. The van der Waals surface area contributed by atoms with Crippen molar-refractivity contribution in [3.8, 4) is 11.5 Å². The molecule has 0 saturated carbocycles. The van der Waals surface area contributed by atoms with E-state index >= 15 is 0 Å². The third kappa shape index (κ3) is 5.40. The minimum atomic E-state index is -0.573. The first-order valence-corrected chi connectivity index (χ1v) is 7.90. The standard InChI is InChI=1S/C16H17N3O4S/c1-22-14-7-11(4-5-13(14)23-10-15(17)20)9-18-19-16(21)8-12-3-2-6-24-12/h2-7,9H,8,10H2,1H3,(H2,17,20)(H,19,21)/b18-9-. The van der Waals surface area contributed by atoms with Gasteiger partial charge < -0.3 is 15.2 Å². The third-order valence-electron chi connectivity index (χ3n) is 2.88. The predicted octanol–water partition coefficient (Wildman–Crippen LogP) is 1.31. The second kappa shape index (κ2) is 8.68. The fourth-order valence-electron chi connectivity index (χ4n) is 1.82. The van der Waals surface area contributed by atoms with Crippen molar-refractivity contribution >= 4 is 29.4 Å². The van der Waals surface area contributed by atoms with Crippen molar-refractivity contribution in [1.29, 1.82) is 0 Å². The number of primary amides is 1. The monoisotopic (exact) mass is 347 g/mol. The van der Waals surface area contributed by atoms with Crippen LogP contribution in [0.4, 0.5) is 0 Å². The first-order chi connectivity index (χ1) is 11.6. The zero-order valence-electron chi connectivity index (χ0n) is 13.0. The van der Waals surface area contributed by atoms with Gasteiger partial charge in [-0.3, -0.25) is 9.59 Å². The van der Waals surface area contributed by atoms with Crippen LogP contribution in [0.15, 0.2) is 40.8 Å². The number of carbonyl (C=O) groups excluding carboxylic acids is 2. The van der Waals surface area contributed by atoms with Crippen LogP contribution in [-0.4, -0.2) is 31.7 Å². The number of amides is 2. The highest BCUT2D eigenvalue weighted by molar-refractivity contribution is 7.10. The molecule has 2 amide bonds. The summed E-state index contributed by atoms with van der Waals surface area (Å²) in [4.78, 5) is 23.4. The number of nitrogens with one attached hydrogen (secondary N) is 1. The Morgan fingerprint density at radius 1 is 1.33 bits per heavy atom. The van der Waals surface area contributed by atoms with Crippen molar-refractivity contribution in [3.63, 3.8) is 0 Å². The fraction of sp³-hybridized carbons (Fsp3) is 0.188. The number of ether oxygens (including phenoxy) is 2. The number of thiophene rings is 1. The normalized spacial score (nSPS) is 10.5. The lowest BCUT2D eigenvalue weighted by atomic mass is 10.2. The molecule has 0 fully saturated rings. The zero-order chi connectivity index (χ0) is 17.4. The number of carbonyl (C=O) groups is 2. The fourth-order valence-corrected chi connectivity index (χ4v) is 2.53. The molecular weight excluding hydrogens is 330 g/mol. The van der Waals surface area contributed by atoms with Crippen molar-refractivity contribution in [2.45, 2.75) is 6.42 Å². The zero-order valence-corrected chi connectivity index (χ0v) is 13.8. The molecule has 2 aromatic rings. The van der Waals surface area contributed by atoms with Crippen molar-refractivity contribution in [3.05, 3.63) is 46.2 Å². The van der Waals surface area contributed by atoms with Crippen LogP contribution in [0.2, 0.25) is 0 Å². The van der Waals surface area contributed by atoms with E-state index in [2.05, 4.69) is 10.5 Å². The molecular formula is C16H17N3O4S. The van der Waals surface area contributed by atoms with Crippen molar-refractivity contribution in [1.82, 2.24) is 5.43 Å². The second-order valence-corrected chi connectivity index (χ2v) is 5.75. The maximum Gasteiger partial charge on any atom is 0.255 e. The maximum absolute atomic E-state index is 11.7. The van der Waals surface area contributed by atoms with E-state index in [0.29, 0.717) is 17.1 Å². The summed E-state index contributed by atoms with van der Waals surface area (Å²) >= 11 is 1.52. The molecule has 2 rings (SSSR count). The number of hydrogen-bond acceptors (Lipinski definition) is 6. The van der Waals surface area contributed by atoms with E-state index in [1.807, 2.05) is 17.5 Å². The maximum atomic E-state index is 11.7. The summed E-state index contributed by atoms with van der Waals surface area (Å²) in [6.07, 6.45) is 1.78. The summed E-state index contributed by atoms with van der Waals surface area (Å²) in [5.74, 6) is 0.0681. The number of hydrogen-bond donors (Lipinski definition) is 2. The van der Waals surface area contributed by atoms with Gasteiger partial charge in [0.2, 0.25) is 5.91 Å². The van der Waals surface area contributed by atoms with E-state index in [1.54, 1.807) is 18.2 Å². The lowest BCUT2D eigenvalue weighted by molar-refractivity contribution is -0.121. The van der Waals surface area contributed by atoms with Gasteiger partial charge >= 0.3 is 0 Å². The molecule has 0 bridgehead atoms. The van der Waals surface area contributed by atoms with Gasteiger partial charge in [-0.1, -0.05) is 6.07 Å². The molecule has 0 unspecified atom stereocenters. The minimum absolute atomic E-state index is 0.193. The Kier molecular flexibility index (Phi) is 6.32. The molecule has 0 spiro atoms. The van der Waals surface area contributed by atoms with Gasteiger partial charge in [-0.15, -0.1) is 11.3 Å². The summed E-state index contributed by atoms with van der Waals surface area (Å²) in [5, 5.41) is 5.83. The van der Waals surface area contributed by atoms with Crippen LogP contribution in [0.25, 0.3) is 0 Å². The van der Waals surface area contributed by atoms with Gasteiger partial charge in [0, 0.05) is 4.88 Å². The predicted molar refractivity (Wildman–Crippen MR) is 91.4 cm³/mol. The van der Waals surface area contributed by atoms with E-state index in [9.17, 15) is 9.59 Å². The van der Waals surface area contributed by atoms with E-state index in [4.69, 9.17) is 15.2 Å². The molecule has 1 aromatic carbocycles. The Labute approximate surface area is 143 Å². The average molecular weight is 347 g/mol. The molecule has 0 atom stereocenters. The third-order valence-corrected chi connectivity index (χ3v) is 3.75. The van der Waals surface area contributed by atoms with Crippen molar-refractivity contribution in [2.24, 2.45) is 10.8 Å². The number of nitrogens with zero attached hydrogens (tertiary/aromatic N) is 1. The molecule has 1 aromatic heterocycles. The smallest absolute Gasteiger partial charge is 0.255 e. The Morgan fingerprint density at radius 3 is 2.83 bits per heavy atom. The number of hydrazone groups is 1. The Morgan fingerprint density at radius 2 is 2.17 bits per heavy atom. The lowest BCUT2D eigenvalue weighted by Crippen LogP contribution is -2.20. The number of methoxy groups -OCH3 is 1. The van der Waals surface area contributed by atoms with Crippen LogP contribution in [0.5, 0.6) is 11.5 Å².